The van der Waals surface area contributed by atoms with Gasteiger partial charge in [0.2, 0.25) is 0 Å². The second-order valence-electron chi connectivity index (χ2n) is 20.3. The van der Waals surface area contributed by atoms with Crippen LogP contribution in [0.25, 0.3) is 0 Å². The van der Waals surface area contributed by atoms with Gasteiger partial charge in [0.15, 0.2) is 12.6 Å². The van der Waals surface area contributed by atoms with E-state index >= 15 is 0 Å². The molecule has 3 fully saturated rings. The van der Waals surface area contributed by atoms with Gasteiger partial charge >= 0.3 is 5.97 Å². The van der Waals surface area contributed by atoms with Crippen LogP contribution in [0.4, 0.5) is 0 Å². The van der Waals surface area contributed by atoms with Crippen molar-refractivity contribution in [3.05, 3.63) is 42.0 Å². The normalized spacial score (nSPS) is 40.7. The summed E-state index contributed by atoms with van der Waals surface area (Å²) in [5.41, 5.74) is -2.36. The van der Waals surface area contributed by atoms with E-state index < -0.39 is 108 Å². The molecule has 0 bridgehead atoms. The summed E-state index contributed by atoms with van der Waals surface area (Å²) in [4.78, 5) is 34.9. The van der Waals surface area contributed by atoms with Crippen LogP contribution in [0.1, 0.15) is 113 Å². The molecule has 3 aliphatic rings. The lowest BCUT2D eigenvalue weighted by atomic mass is 9.74. The summed E-state index contributed by atoms with van der Waals surface area (Å²) in [6.07, 6.45) is -1.42. The predicted octanol–water partition coefficient (Wildman–Crippen LogP) is 3.67. The second kappa shape index (κ2) is 23.3. The fourth-order valence-corrected chi connectivity index (χ4v) is 10.5. The Bertz CT molecular complexity index is 1870. The Balaban J connectivity index is 1.45. The monoisotopic (exact) mass is 948 g/mol. The van der Waals surface area contributed by atoms with Crippen LogP contribution in [-0.2, 0) is 62.1 Å². The summed E-state index contributed by atoms with van der Waals surface area (Å²) in [6, 6.07) is 3.59. The lowest BCUT2D eigenvalue weighted by Crippen LogP contribution is -2.61. The molecule has 4 N–H and O–H groups in total. The third-order valence-electron chi connectivity index (χ3n) is 15.1. The Labute approximate surface area is 397 Å². The SMILES string of the molecule is CC[C@H]1OC(=O)[C@H](C)[C@@H](O[C@H]2C[C@@](C)(OC)[C@@H](O)[C@H](C)O2)[C@H](C)[C@@H](O[C@@H]2O[C@H](C)C[C@H](N(C)CCc3cn(CCCc4cccnc4)nn3)[C@H]2O)[C@](C)(OC)C[C@@H](C)C(=O)[C@H](C)[C@@H](O)[C@]1(C)O. The Morgan fingerprint density at radius 3 is 2.27 bits per heavy atom. The molecular formula is C49H81N5O13. The zero-order chi connectivity index (χ0) is 49.6. The largest absolute Gasteiger partial charge is 0.459 e. The molecule has 2 aromatic heterocycles. The minimum absolute atomic E-state index is 0.0794. The third kappa shape index (κ3) is 12.9. The van der Waals surface area contributed by atoms with Crippen LogP contribution < -0.4 is 0 Å². The van der Waals surface area contributed by atoms with Crippen LogP contribution in [0.3, 0.4) is 0 Å². The van der Waals surface area contributed by atoms with Crippen molar-refractivity contribution in [2.45, 2.75) is 205 Å². The first-order chi connectivity index (χ1) is 31.5. The number of Topliss-reactive ketones (excluding diaryl/α,β-unsaturated/α-hetero) is 1. The van der Waals surface area contributed by atoms with Crippen molar-refractivity contribution in [1.82, 2.24) is 24.9 Å². The number of hydrogen-bond acceptors (Lipinski definition) is 17. The van der Waals surface area contributed by atoms with Gasteiger partial charge in [-0.1, -0.05) is 39.0 Å². The number of nitrogens with zero attached hydrogens (tertiary/aromatic N) is 5. The molecule has 0 aromatic carbocycles. The van der Waals surface area contributed by atoms with Gasteiger partial charge in [-0.3, -0.25) is 19.3 Å². The maximum atomic E-state index is 14.4. The summed E-state index contributed by atoms with van der Waals surface area (Å²) >= 11 is 0. The predicted molar refractivity (Wildman–Crippen MR) is 246 cm³/mol. The van der Waals surface area contributed by atoms with Crippen LogP contribution in [-0.4, -0.2) is 169 Å². The quantitative estimate of drug-likeness (QED) is 0.187. The van der Waals surface area contributed by atoms with Crippen LogP contribution in [0.15, 0.2) is 30.7 Å². The van der Waals surface area contributed by atoms with Crippen LogP contribution >= 0.6 is 0 Å². The molecule has 18 heteroatoms. The highest BCUT2D eigenvalue weighted by molar-refractivity contribution is 5.83. The fraction of sp³-hybridized carbons (Fsp3) is 0.816. The minimum atomic E-state index is -1.99. The molecule has 0 saturated carbocycles. The highest BCUT2D eigenvalue weighted by Gasteiger charge is 2.54. The van der Waals surface area contributed by atoms with E-state index in [1.54, 1.807) is 54.7 Å². The number of aromatic nitrogens is 4. The Morgan fingerprint density at radius 2 is 1.63 bits per heavy atom. The number of aliphatic hydroxyl groups excluding tert-OH is 3. The summed E-state index contributed by atoms with van der Waals surface area (Å²) in [6.45, 7) is 18.4. The summed E-state index contributed by atoms with van der Waals surface area (Å²) in [7, 11) is 4.96. The van der Waals surface area contributed by atoms with E-state index in [0.717, 1.165) is 25.1 Å². The smallest absolute Gasteiger partial charge is 0.311 e. The Kier molecular flexibility index (Phi) is 19.1. The molecule has 18 nitrogen and oxygen atoms in total. The molecule has 18 atom stereocenters. The second-order valence-corrected chi connectivity index (χ2v) is 20.3. The van der Waals surface area contributed by atoms with Gasteiger partial charge in [0.25, 0.3) is 0 Å². The highest BCUT2D eigenvalue weighted by atomic mass is 16.7. The van der Waals surface area contributed by atoms with Gasteiger partial charge in [0, 0.05) is 82.5 Å². The first kappa shape index (κ1) is 54.9. The number of hydrogen-bond donors (Lipinski definition) is 4. The number of ether oxygens (including phenoxy) is 7. The maximum Gasteiger partial charge on any atom is 0.311 e. The standard InChI is InChI=1S/C49H81N5O13/c1-14-37-49(10,60)42(57)30(4)39(55)28(2)24-48(9,62-13)44(31(5)41(32(6)45(59)65-37)66-38-25-47(8,61-12)43(58)33(7)64-38)67-46-40(56)36(23-29(3)63-46)53(11)22-19-35-27-54(52-51-35)21-16-18-34-17-15-20-50-26-34/h15,17,20,26-33,36-38,40-44,46,56-58,60H,14,16,18-19,21-25H2,1-13H3/t28-,29-,30+,31+,32-,33+,36+,37-,38+,40-,41+,42-,43+,44-,46+,47-,48-,49-/m1/s1. The van der Waals surface area contributed by atoms with E-state index in [0.29, 0.717) is 19.4 Å². The van der Waals surface area contributed by atoms with E-state index in [1.165, 1.54) is 26.7 Å². The van der Waals surface area contributed by atoms with Crippen molar-refractivity contribution in [2.75, 3.05) is 27.8 Å². The lowest BCUT2D eigenvalue weighted by Gasteiger charge is -2.50. The number of esters is 1. The molecule has 0 amide bonds. The van der Waals surface area contributed by atoms with E-state index in [1.807, 2.05) is 44.0 Å². The summed E-state index contributed by atoms with van der Waals surface area (Å²) < 4.78 is 46.6. The first-order valence-corrected chi connectivity index (χ1v) is 24.2. The zero-order valence-electron chi connectivity index (χ0n) is 42.1. The topological polar surface area (TPSA) is 227 Å². The van der Waals surface area contributed by atoms with Crippen molar-refractivity contribution < 1.29 is 63.2 Å². The molecule has 3 saturated heterocycles. The van der Waals surface area contributed by atoms with E-state index in [2.05, 4.69) is 26.3 Å². The van der Waals surface area contributed by atoms with Crippen LogP contribution in [0.5, 0.6) is 0 Å². The molecule has 5 heterocycles. The molecule has 380 valence electrons. The van der Waals surface area contributed by atoms with Crippen molar-refractivity contribution in [3.63, 3.8) is 0 Å². The van der Waals surface area contributed by atoms with Crippen LogP contribution in [0.2, 0.25) is 0 Å². The number of rotatable bonds is 15. The van der Waals surface area contributed by atoms with Gasteiger partial charge in [0.05, 0.1) is 53.3 Å². The summed E-state index contributed by atoms with van der Waals surface area (Å²) in [5.74, 6) is -4.66. The molecule has 0 radical (unpaired) electrons. The number of carbonyl (C=O) groups excluding carboxylic acids is 2. The van der Waals surface area contributed by atoms with E-state index in [4.69, 9.17) is 33.2 Å². The first-order valence-electron chi connectivity index (χ1n) is 24.2. The minimum Gasteiger partial charge on any atom is -0.459 e. The van der Waals surface area contributed by atoms with Gasteiger partial charge in [-0.2, -0.15) is 0 Å². The number of methoxy groups -OCH3 is 2. The molecule has 0 spiro atoms. The molecule has 0 unspecified atom stereocenters. The van der Waals surface area contributed by atoms with E-state index in [9.17, 15) is 30.0 Å². The average molecular weight is 948 g/mol. The molecule has 67 heavy (non-hydrogen) atoms. The van der Waals surface area contributed by atoms with Crippen LogP contribution in [0, 0.1) is 23.7 Å². The molecule has 2 aromatic rings. The maximum absolute atomic E-state index is 14.4. The summed E-state index contributed by atoms with van der Waals surface area (Å²) in [5, 5.41) is 55.4. The van der Waals surface area contributed by atoms with E-state index in [-0.39, 0.29) is 31.1 Å². The van der Waals surface area contributed by atoms with Crippen molar-refractivity contribution in [3.8, 4) is 0 Å². The average Bonchev–Trinajstić information content (AvgIpc) is 3.76. The number of pyridine rings is 1. The fourth-order valence-electron chi connectivity index (χ4n) is 10.5. The molecular weight excluding hydrogens is 867 g/mol. The Morgan fingerprint density at radius 1 is 0.925 bits per heavy atom. The number of cyclic esters (lactones) is 1. The van der Waals surface area contributed by atoms with Crippen molar-refractivity contribution in [2.24, 2.45) is 23.7 Å². The van der Waals surface area contributed by atoms with Crippen molar-refractivity contribution >= 4 is 11.8 Å². The molecule has 0 aliphatic carbocycles. The van der Waals surface area contributed by atoms with Gasteiger partial charge < -0.3 is 58.5 Å². The van der Waals surface area contributed by atoms with Gasteiger partial charge in [0.1, 0.15) is 29.7 Å². The number of aliphatic hydroxyl groups is 4. The number of ketones is 1. The van der Waals surface area contributed by atoms with Gasteiger partial charge in [-0.15, -0.1) is 5.10 Å². The number of aryl methyl sites for hydroxylation is 2. The van der Waals surface area contributed by atoms with Crippen molar-refractivity contribution in [1.29, 1.82) is 0 Å². The van der Waals surface area contributed by atoms with Gasteiger partial charge in [-0.05, 0) is 92.3 Å². The molecule has 5 rings (SSSR count). The number of carbonyl (C=O) groups is 2. The number of likely N-dealkylation sites (N-methyl/N-ethyl adjacent to an activating group) is 1. The third-order valence-corrected chi connectivity index (χ3v) is 15.1. The Hall–Kier alpha value is -3.01. The van der Waals surface area contributed by atoms with Gasteiger partial charge in [-0.25, -0.2) is 0 Å². The lowest BCUT2D eigenvalue weighted by molar-refractivity contribution is -0.319. The molecule has 3 aliphatic heterocycles. The zero-order valence-corrected chi connectivity index (χ0v) is 42.1. The highest BCUT2D eigenvalue weighted by Crippen LogP contribution is 2.42.